The monoisotopic (exact) mass is 832 g/mol. The van der Waals surface area contributed by atoms with Gasteiger partial charge in [0.2, 0.25) is 0 Å². The Balaban J connectivity index is 0.000000175. The summed E-state index contributed by atoms with van der Waals surface area (Å²) >= 11 is 6.57. The number of nitrogens with zero attached hydrogens (tertiary/aromatic N) is 4. The fraction of sp³-hybridized carbons (Fsp3) is 0. The lowest BCUT2D eigenvalue weighted by molar-refractivity contribution is -0.384. The van der Waals surface area contributed by atoms with Crippen molar-refractivity contribution in [1.29, 1.82) is 0 Å². The molecule has 0 radical (unpaired) electrons. The Bertz CT molecular complexity index is 2460. The van der Waals surface area contributed by atoms with Crippen LogP contribution in [0.5, 0.6) is 0 Å². The topological polar surface area (TPSA) is 153 Å². The first-order valence-electron chi connectivity index (χ1n) is 14.9. The molecule has 10 nitrogen and oxygen atoms in total. The number of nitro benzene ring substituents is 2. The van der Waals surface area contributed by atoms with Gasteiger partial charge in [-0.3, -0.25) is 20.2 Å². The van der Waals surface area contributed by atoms with Gasteiger partial charge in [-0.25, -0.2) is 23.1 Å². The third kappa shape index (κ3) is 8.84. The molecule has 0 fully saturated rings. The van der Waals surface area contributed by atoms with E-state index in [9.17, 15) is 33.4 Å². The van der Waals surface area contributed by atoms with Gasteiger partial charge in [0.25, 0.3) is 11.4 Å². The van der Waals surface area contributed by atoms with Crippen LogP contribution in [0.15, 0.2) is 130 Å². The van der Waals surface area contributed by atoms with E-state index in [0.717, 1.165) is 15.4 Å². The SMILES string of the molecule is O=[N+]([O-])c1ccc2nc(-c3ccccc3F)c(-c3ccccc3F)cc2c1.O=[N+]([O-])c1ccc2nc(Br)c(Br)cc2c1.OB(O)c1ccccc1F. The minimum atomic E-state index is -1.72. The Morgan fingerprint density at radius 1 is 0.577 bits per heavy atom. The van der Waals surface area contributed by atoms with Crippen LogP contribution >= 0.6 is 31.9 Å². The van der Waals surface area contributed by atoms with E-state index in [4.69, 9.17) is 10.0 Å². The molecule has 0 aliphatic heterocycles. The summed E-state index contributed by atoms with van der Waals surface area (Å²) in [5.41, 5.74) is 2.18. The second-order valence-electron chi connectivity index (χ2n) is 10.8. The van der Waals surface area contributed by atoms with Crippen LogP contribution in [-0.2, 0) is 0 Å². The minimum absolute atomic E-state index is 0.0681. The van der Waals surface area contributed by atoms with Crippen LogP contribution < -0.4 is 5.46 Å². The molecule has 260 valence electrons. The summed E-state index contributed by atoms with van der Waals surface area (Å²) in [6.07, 6.45) is 0. The second-order valence-corrected chi connectivity index (χ2v) is 12.4. The molecule has 0 atom stereocenters. The third-order valence-corrected chi connectivity index (χ3v) is 9.15. The predicted octanol–water partition coefficient (Wildman–Crippen LogP) is 8.93. The van der Waals surface area contributed by atoms with Crippen LogP contribution in [-0.4, -0.2) is 37.0 Å². The number of pyridine rings is 2. The predicted molar refractivity (Wildman–Crippen MR) is 199 cm³/mol. The zero-order chi connectivity index (χ0) is 37.5. The Morgan fingerprint density at radius 3 is 1.56 bits per heavy atom. The minimum Gasteiger partial charge on any atom is -0.423 e. The zero-order valence-corrected chi connectivity index (χ0v) is 29.5. The third-order valence-electron chi connectivity index (χ3n) is 7.41. The fourth-order valence-corrected chi connectivity index (χ4v) is 5.57. The number of aromatic nitrogens is 2. The summed E-state index contributed by atoms with van der Waals surface area (Å²) in [5.74, 6) is -1.57. The van der Waals surface area contributed by atoms with Crippen molar-refractivity contribution in [3.8, 4) is 22.4 Å². The van der Waals surface area contributed by atoms with Gasteiger partial charge in [0, 0.05) is 57.2 Å². The van der Waals surface area contributed by atoms with Crippen LogP contribution in [0, 0.1) is 37.7 Å². The molecule has 2 N–H and O–H groups in total. The van der Waals surface area contributed by atoms with Crippen molar-refractivity contribution in [1.82, 2.24) is 9.97 Å². The Hall–Kier alpha value is -5.55. The lowest BCUT2D eigenvalue weighted by atomic mass is 9.80. The van der Waals surface area contributed by atoms with E-state index in [0.29, 0.717) is 21.1 Å². The number of halogens is 5. The molecule has 52 heavy (non-hydrogen) atoms. The molecule has 0 aliphatic rings. The lowest BCUT2D eigenvalue weighted by Gasteiger charge is -2.13. The van der Waals surface area contributed by atoms with Crippen molar-refractivity contribution in [3.05, 3.63) is 168 Å². The van der Waals surface area contributed by atoms with E-state index in [1.807, 2.05) is 0 Å². The van der Waals surface area contributed by atoms with Crippen molar-refractivity contribution in [2.75, 3.05) is 0 Å². The molecular weight excluding hydrogens is 812 g/mol. The average Bonchev–Trinajstić information content (AvgIpc) is 3.12. The molecule has 5 aromatic carbocycles. The summed E-state index contributed by atoms with van der Waals surface area (Å²) in [5, 5.41) is 39.9. The van der Waals surface area contributed by atoms with E-state index < -0.39 is 34.4 Å². The van der Waals surface area contributed by atoms with Gasteiger partial charge in [-0.1, -0.05) is 48.5 Å². The first kappa shape index (κ1) is 37.7. The van der Waals surface area contributed by atoms with E-state index in [1.54, 1.807) is 54.6 Å². The summed E-state index contributed by atoms with van der Waals surface area (Å²) in [6, 6.07) is 29.9. The number of hydrogen-bond donors (Lipinski definition) is 2. The van der Waals surface area contributed by atoms with Crippen LogP contribution in [0.1, 0.15) is 0 Å². The molecule has 0 bridgehead atoms. The number of nitro groups is 2. The van der Waals surface area contributed by atoms with Crippen LogP contribution in [0.4, 0.5) is 24.5 Å². The number of non-ortho nitro benzene ring substituents is 2. The van der Waals surface area contributed by atoms with E-state index in [-0.39, 0.29) is 33.7 Å². The molecule has 2 aromatic heterocycles. The highest BCUT2D eigenvalue weighted by molar-refractivity contribution is 9.13. The second kappa shape index (κ2) is 16.6. The molecule has 0 amide bonds. The van der Waals surface area contributed by atoms with Gasteiger partial charge >= 0.3 is 7.12 Å². The van der Waals surface area contributed by atoms with Gasteiger partial charge in [0.15, 0.2) is 0 Å². The number of benzene rings is 5. The first-order chi connectivity index (χ1) is 24.8. The average molecular weight is 834 g/mol. The maximum Gasteiger partial charge on any atom is 0.491 e. The molecule has 0 saturated heterocycles. The van der Waals surface area contributed by atoms with Crippen LogP contribution in [0.2, 0.25) is 0 Å². The molecule has 0 unspecified atom stereocenters. The van der Waals surface area contributed by atoms with Gasteiger partial charge in [-0.15, -0.1) is 0 Å². The Morgan fingerprint density at radius 2 is 1.06 bits per heavy atom. The molecule has 2 heterocycles. The van der Waals surface area contributed by atoms with Crippen LogP contribution in [0.3, 0.4) is 0 Å². The maximum atomic E-state index is 14.4. The summed E-state index contributed by atoms with van der Waals surface area (Å²) < 4.78 is 42.8. The summed E-state index contributed by atoms with van der Waals surface area (Å²) in [7, 11) is -1.72. The number of hydrogen-bond acceptors (Lipinski definition) is 8. The highest BCUT2D eigenvalue weighted by atomic mass is 79.9. The van der Waals surface area contributed by atoms with Gasteiger partial charge < -0.3 is 10.0 Å². The molecule has 0 spiro atoms. The Labute approximate surface area is 309 Å². The molecule has 0 aliphatic carbocycles. The fourth-order valence-electron chi connectivity index (χ4n) is 4.93. The lowest BCUT2D eigenvalue weighted by Crippen LogP contribution is -2.32. The van der Waals surface area contributed by atoms with Crippen LogP contribution in [0.25, 0.3) is 44.2 Å². The maximum absolute atomic E-state index is 14.4. The Kier molecular flexibility index (Phi) is 12.1. The van der Waals surface area contributed by atoms with Crippen molar-refractivity contribution in [2.24, 2.45) is 0 Å². The number of rotatable bonds is 5. The van der Waals surface area contributed by atoms with Crippen molar-refractivity contribution in [3.63, 3.8) is 0 Å². The smallest absolute Gasteiger partial charge is 0.423 e. The molecular formula is C36H22BBr2F3N4O6. The van der Waals surface area contributed by atoms with E-state index in [1.165, 1.54) is 66.7 Å². The largest absolute Gasteiger partial charge is 0.491 e. The molecule has 16 heteroatoms. The van der Waals surface area contributed by atoms with Crippen molar-refractivity contribution >= 4 is 77.6 Å². The summed E-state index contributed by atoms with van der Waals surface area (Å²) in [6.45, 7) is 0. The van der Waals surface area contributed by atoms with Crippen molar-refractivity contribution < 1.29 is 33.1 Å². The summed E-state index contributed by atoms with van der Waals surface area (Å²) in [4.78, 5) is 29.4. The van der Waals surface area contributed by atoms with Gasteiger partial charge in [0.05, 0.1) is 31.0 Å². The quantitative estimate of drug-likeness (QED) is 0.0755. The highest BCUT2D eigenvalue weighted by Crippen LogP contribution is 2.36. The van der Waals surface area contributed by atoms with Gasteiger partial charge in [-0.05, 0) is 80.4 Å². The van der Waals surface area contributed by atoms with E-state index in [2.05, 4.69) is 41.8 Å². The van der Waals surface area contributed by atoms with Crippen molar-refractivity contribution in [2.45, 2.75) is 0 Å². The van der Waals surface area contributed by atoms with E-state index >= 15 is 0 Å². The first-order valence-corrected chi connectivity index (χ1v) is 16.5. The van der Waals surface area contributed by atoms with Gasteiger partial charge in [0.1, 0.15) is 22.1 Å². The normalized spacial score (nSPS) is 10.5. The zero-order valence-electron chi connectivity index (χ0n) is 26.3. The molecule has 7 aromatic rings. The van der Waals surface area contributed by atoms with Gasteiger partial charge in [-0.2, -0.15) is 0 Å². The standard InChI is InChI=1S/C21H12F2N2O2.C9H4Br2N2O2.C6H6BFO2/c22-18-7-3-1-5-15(18)17-12-13-11-14(25(26)27)9-10-20(13)24-21(17)16-6-2-4-8-19(16)23;10-7-4-5-3-6(13(14)15)1-2-8(5)12-9(7)11;8-6-4-2-1-3-5(6)7(9)10/h1-12H;1-4H;1-4,9-10H. The molecule has 0 saturated carbocycles. The highest BCUT2D eigenvalue weighted by Gasteiger charge is 2.18. The number of fused-ring (bicyclic) bond motifs is 2. The molecule has 7 rings (SSSR count).